The lowest BCUT2D eigenvalue weighted by Gasteiger charge is -2.04. The predicted molar refractivity (Wildman–Crippen MR) is 81.5 cm³/mol. The summed E-state index contributed by atoms with van der Waals surface area (Å²) in [6.07, 6.45) is 0. The predicted octanol–water partition coefficient (Wildman–Crippen LogP) is 2.16. The number of methoxy groups -OCH3 is 1. The number of halogens is 1. The van der Waals surface area contributed by atoms with E-state index >= 15 is 0 Å². The summed E-state index contributed by atoms with van der Waals surface area (Å²) in [6, 6.07) is 12.2. The number of ether oxygens (including phenoxy) is 1. The quantitative estimate of drug-likeness (QED) is 0.879. The van der Waals surface area contributed by atoms with E-state index < -0.39 is 15.8 Å². The zero-order valence-electron chi connectivity index (χ0n) is 11.8. The SMILES string of the molecule is COc1ccc(C#CCNS(=O)(=O)c2ccccc2F)cc1. The van der Waals surface area contributed by atoms with Crippen molar-refractivity contribution in [3.63, 3.8) is 0 Å². The lowest BCUT2D eigenvalue weighted by atomic mass is 10.2. The van der Waals surface area contributed by atoms with Crippen molar-refractivity contribution in [1.29, 1.82) is 0 Å². The summed E-state index contributed by atoms with van der Waals surface area (Å²) >= 11 is 0. The van der Waals surface area contributed by atoms with Crippen LogP contribution in [0.2, 0.25) is 0 Å². The van der Waals surface area contributed by atoms with E-state index in [0.29, 0.717) is 5.75 Å². The first-order valence-corrected chi connectivity index (χ1v) is 7.88. The van der Waals surface area contributed by atoms with Crippen molar-refractivity contribution in [3.05, 3.63) is 59.9 Å². The second-order valence-electron chi connectivity index (χ2n) is 4.29. The van der Waals surface area contributed by atoms with Gasteiger partial charge in [0.15, 0.2) is 0 Å². The van der Waals surface area contributed by atoms with E-state index in [1.54, 1.807) is 31.4 Å². The molecule has 0 spiro atoms. The lowest BCUT2D eigenvalue weighted by Crippen LogP contribution is -2.24. The molecule has 0 aliphatic rings. The molecule has 0 aliphatic carbocycles. The summed E-state index contributed by atoms with van der Waals surface area (Å²) in [7, 11) is -2.34. The molecule has 0 atom stereocenters. The van der Waals surface area contributed by atoms with Crippen LogP contribution in [0.15, 0.2) is 53.4 Å². The van der Waals surface area contributed by atoms with Crippen molar-refractivity contribution in [2.45, 2.75) is 4.90 Å². The molecule has 0 fully saturated rings. The summed E-state index contributed by atoms with van der Waals surface area (Å²) in [6.45, 7) is -0.108. The second kappa shape index (κ2) is 7.07. The molecule has 0 amide bonds. The summed E-state index contributed by atoms with van der Waals surface area (Å²) < 4.78 is 44.6. The van der Waals surface area contributed by atoms with Gasteiger partial charge in [0.05, 0.1) is 13.7 Å². The van der Waals surface area contributed by atoms with Gasteiger partial charge in [-0.1, -0.05) is 24.0 Å². The number of sulfonamides is 1. The van der Waals surface area contributed by atoms with E-state index in [1.807, 2.05) is 0 Å². The molecule has 22 heavy (non-hydrogen) atoms. The van der Waals surface area contributed by atoms with Crippen molar-refractivity contribution < 1.29 is 17.5 Å². The molecular formula is C16H14FNO3S. The Morgan fingerprint density at radius 2 is 1.82 bits per heavy atom. The molecule has 0 saturated carbocycles. The molecule has 0 heterocycles. The molecule has 0 saturated heterocycles. The molecule has 1 N–H and O–H groups in total. The monoisotopic (exact) mass is 319 g/mol. The summed E-state index contributed by atoms with van der Waals surface area (Å²) in [4.78, 5) is -0.388. The first-order valence-electron chi connectivity index (χ1n) is 6.40. The normalized spacial score (nSPS) is 10.6. The summed E-state index contributed by atoms with van der Waals surface area (Å²) in [5, 5.41) is 0. The van der Waals surface area contributed by atoms with Crippen molar-refractivity contribution >= 4 is 10.0 Å². The Kier molecular flexibility index (Phi) is 5.15. The Morgan fingerprint density at radius 3 is 2.45 bits per heavy atom. The van der Waals surface area contributed by atoms with Crippen LogP contribution < -0.4 is 9.46 Å². The van der Waals surface area contributed by atoms with Crippen LogP contribution in [0.4, 0.5) is 4.39 Å². The molecule has 0 radical (unpaired) electrons. The molecule has 0 aliphatic heterocycles. The highest BCUT2D eigenvalue weighted by Crippen LogP contribution is 2.12. The van der Waals surface area contributed by atoms with Gasteiger partial charge < -0.3 is 4.74 Å². The van der Waals surface area contributed by atoms with Gasteiger partial charge >= 0.3 is 0 Å². The first-order chi connectivity index (χ1) is 10.5. The van der Waals surface area contributed by atoms with E-state index in [1.165, 1.54) is 18.2 Å². The molecule has 2 aromatic rings. The molecule has 2 aromatic carbocycles. The minimum Gasteiger partial charge on any atom is -0.497 e. The molecule has 0 bridgehead atoms. The zero-order valence-corrected chi connectivity index (χ0v) is 12.7. The van der Waals surface area contributed by atoms with Crippen LogP contribution in [0.25, 0.3) is 0 Å². The topological polar surface area (TPSA) is 55.4 Å². The minimum atomic E-state index is -3.90. The molecular weight excluding hydrogens is 305 g/mol. The van der Waals surface area contributed by atoms with E-state index in [-0.39, 0.29) is 11.4 Å². The van der Waals surface area contributed by atoms with Gasteiger partial charge in [-0.05, 0) is 36.4 Å². The summed E-state index contributed by atoms with van der Waals surface area (Å²) in [5.74, 6) is 5.41. The van der Waals surface area contributed by atoms with Gasteiger partial charge in [0.1, 0.15) is 16.5 Å². The fourth-order valence-corrected chi connectivity index (χ4v) is 2.69. The number of hydrogen-bond acceptors (Lipinski definition) is 3. The highest BCUT2D eigenvalue weighted by Gasteiger charge is 2.16. The lowest BCUT2D eigenvalue weighted by molar-refractivity contribution is 0.415. The van der Waals surface area contributed by atoms with Crippen molar-refractivity contribution in [3.8, 4) is 17.6 Å². The number of rotatable bonds is 4. The van der Waals surface area contributed by atoms with Gasteiger partial charge in [-0.3, -0.25) is 0 Å². The Hall–Kier alpha value is -2.36. The molecule has 114 valence electrons. The third-order valence-corrected chi connectivity index (χ3v) is 4.23. The fourth-order valence-electron chi connectivity index (χ4n) is 1.69. The average Bonchev–Trinajstić information content (AvgIpc) is 2.52. The largest absolute Gasteiger partial charge is 0.497 e. The van der Waals surface area contributed by atoms with Crippen LogP contribution in [0.3, 0.4) is 0 Å². The van der Waals surface area contributed by atoms with Crippen LogP contribution in [0.1, 0.15) is 5.56 Å². The van der Waals surface area contributed by atoms with Crippen LogP contribution in [-0.4, -0.2) is 22.1 Å². The molecule has 0 unspecified atom stereocenters. The Bertz CT molecular complexity index is 805. The van der Waals surface area contributed by atoms with Gasteiger partial charge in [0, 0.05) is 5.56 Å². The van der Waals surface area contributed by atoms with Gasteiger partial charge in [-0.2, -0.15) is 4.72 Å². The van der Waals surface area contributed by atoms with Crippen molar-refractivity contribution in [1.82, 2.24) is 4.72 Å². The third-order valence-electron chi connectivity index (χ3n) is 2.80. The zero-order chi connectivity index (χ0) is 16.0. The van der Waals surface area contributed by atoms with Gasteiger partial charge in [-0.25, -0.2) is 12.8 Å². The maximum Gasteiger partial charge on any atom is 0.244 e. The molecule has 4 nitrogen and oxygen atoms in total. The van der Waals surface area contributed by atoms with E-state index in [2.05, 4.69) is 16.6 Å². The highest BCUT2D eigenvalue weighted by molar-refractivity contribution is 7.89. The number of hydrogen-bond donors (Lipinski definition) is 1. The van der Waals surface area contributed by atoms with Crippen LogP contribution >= 0.6 is 0 Å². The Labute approximate surface area is 129 Å². The van der Waals surface area contributed by atoms with Gasteiger partial charge in [0.2, 0.25) is 10.0 Å². The van der Waals surface area contributed by atoms with E-state index in [0.717, 1.165) is 11.6 Å². The minimum absolute atomic E-state index is 0.108. The van der Waals surface area contributed by atoms with Crippen LogP contribution in [-0.2, 0) is 10.0 Å². The standard InChI is InChI=1S/C16H14FNO3S/c1-21-14-10-8-13(9-11-14)5-4-12-18-22(19,20)16-7-3-2-6-15(16)17/h2-3,6-11,18H,12H2,1H3. The smallest absolute Gasteiger partial charge is 0.244 e. The molecule has 6 heteroatoms. The molecule has 0 aromatic heterocycles. The molecule has 2 rings (SSSR count). The fraction of sp³-hybridized carbons (Fsp3) is 0.125. The third kappa shape index (κ3) is 4.07. The van der Waals surface area contributed by atoms with E-state index in [4.69, 9.17) is 4.74 Å². The summed E-state index contributed by atoms with van der Waals surface area (Å²) in [5.41, 5.74) is 0.728. The Balaban J connectivity index is 2.01. The average molecular weight is 319 g/mol. The number of benzene rings is 2. The maximum atomic E-state index is 13.5. The highest BCUT2D eigenvalue weighted by atomic mass is 32.2. The van der Waals surface area contributed by atoms with Crippen LogP contribution in [0.5, 0.6) is 5.75 Å². The first kappa shape index (κ1) is 16.0. The van der Waals surface area contributed by atoms with Gasteiger partial charge in [0.25, 0.3) is 0 Å². The van der Waals surface area contributed by atoms with Crippen molar-refractivity contribution in [2.75, 3.05) is 13.7 Å². The van der Waals surface area contributed by atoms with E-state index in [9.17, 15) is 12.8 Å². The van der Waals surface area contributed by atoms with Gasteiger partial charge in [-0.15, -0.1) is 0 Å². The second-order valence-corrected chi connectivity index (χ2v) is 6.02. The van der Waals surface area contributed by atoms with Crippen molar-refractivity contribution in [2.24, 2.45) is 0 Å². The van der Waals surface area contributed by atoms with Crippen LogP contribution in [0, 0.1) is 17.7 Å². The maximum absolute atomic E-state index is 13.5. The number of nitrogens with one attached hydrogen (secondary N) is 1. The Morgan fingerprint density at radius 1 is 1.14 bits per heavy atom.